The predicted molar refractivity (Wildman–Crippen MR) is 66.7 cm³/mol. The summed E-state index contributed by atoms with van der Waals surface area (Å²) in [5.41, 5.74) is 5.68. The average molecular weight is 250 g/mol. The number of carbonyl (C=O) groups is 1. The van der Waals surface area contributed by atoms with Crippen LogP contribution in [0.25, 0.3) is 0 Å². The van der Waals surface area contributed by atoms with Gasteiger partial charge in [0, 0.05) is 13.7 Å². The third-order valence-corrected chi connectivity index (χ3v) is 2.59. The number of methoxy groups -OCH3 is 1. The monoisotopic (exact) mass is 250 g/mol. The molecule has 0 aliphatic rings. The van der Waals surface area contributed by atoms with Gasteiger partial charge in [-0.25, -0.2) is 0 Å². The molecular formula is C10H22N2O3S. The van der Waals surface area contributed by atoms with Crippen LogP contribution in [0.3, 0.4) is 0 Å². The molecule has 0 saturated heterocycles. The number of nitrogens with one attached hydrogen (secondary N) is 1. The summed E-state index contributed by atoms with van der Waals surface area (Å²) in [7, 11) is 1.62. The Morgan fingerprint density at radius 1 is 1.44 bits per heavy atom. The molecule has 0 fully saturated rings. The van der Waals surface area contributed by atoms with Gasteiger partial charge in [-0.05, 0) is 18.4 Å². The Morgan fingerprint density at radius 2 is 2.19 bits per heavy atom. The summed E-state index contributed by atoms with van der Waals surface area (Å²) in [5, 5.41) is 2.73. The molecule has 0 unspecified atom stereocenters. The van der Waals surface area contributed by atoms with Gasteiger partial charge >= 0.3 is 0 Å². The first-order valence-electron chi connectivity index (χ1n) is 5.31. The lowest BCUT2D eigenvalue weighted by molar-refractivity contribution is -0.122. The van der Waals surface area contributed by atoms with Gasteiger partial charge in [0.2, 0.25) is 5.91 Å². The van der Waals surface area contributed by atoms with Crippen molar-refractivity contribution in [2.45, 2.75) is 12.5 Å². The minimum Gasteiger partial charge on any atom is -0.382 e. The normalized spacial score (nSPS) is 12.4. The first kappa shape index (κ1) is 15.7. The van der Waals surface area contributed by atoms with E-state index in [4.69, 9.17) is 15.2 Å². The van der Waals surface area contributed by atoms with Gasteiger partial charge < -0.3 is 20.5 Å². The van der Waals surface area contributed by atoms with Crippen LogP contribution in [0.15, 0.2) is 0 Å². The molecule has 1 atom stereocenters. The van der Waals surface area contributed by atoms with E-state index in [9.17, 15) is 4.79 Å². The van der Waals surface area contributed by atoms with Crippen LogP contribution in [0.1, 0.15) is 6.42 Å². The molecule has 0 spiro atoms. The predicted octanol–water partition coefficient (Wildman–Crippen LogP) is -0.154. The molecule has 0 aliphatic carbocycles. The molecule has 0 aromatic heterocycles. The van der Waals surface area contributed by atoms with Crippen LogP contribution in [0.4, 0.5) is 0 Å². The zero-order valence-corrected chi connectivity index (χ0v) is 10.8. The third kappa shape index (κ3) is 8.96. The van der Waals surface area contributed by atoms with E-state index < -0.39 is 6.04 Å². The fourth-order valence-corrected chi connectivity index (χ4v) is 1.49. The van der Waals surface area contributed by atoms with E-state index in [1.165, 1.54) is 0 Å². The van der Waals surface area contributed by atoms with Gasteiger partial charge in [-0.15, -0.1) is 0 Å². The number of hydrogen-bond acceptors (Lipinski definition) is 5. The summed E-state index contributed by atoms with van der Waals surface area (Å²) in [4.78, 5) is 11.4. The first-order valence-corrected chi connectivity index (χ1v) is 6.70. The highest BCUT2D eigenvalue weighted by Gasteiger charge is 2.11. The molecule has 5 nitrogen and oxygen atoms in total. The highest BCUT2D eigenvalue weighted by atomic mass is 32.2. The van der Waals surface area contributed by atoms with Crippen molar-refractivity contribution in [1.29, 1.82) is 0 Å². The first-order chi connectivity index (χ1) is 7.72. The van der Waals surface area contributed by atoms with Crippen molar-refractivity contribution in [3.05, 3.63) is 0 Å². The van der Waals surface area contributed by atoms with Gasteiger partial charge in [-0.1, -0.05) is 0 Å². The van der Waals surface area contributed by atoms with Gasteiger partial charge in [0.25, 0.3) is 0 Å². The molecule has 0 radical (unpaired) electrons. The number of thioether (sulfide) groups is 1. The van der Waals surface area contributed by atoms with E-state index in [1.807, 2.05) is 6.26 Å². The van der Waals surface area contributed by atoms with Crippen molar-refractivity contribution < 1.29 is 14.3 Å². The smallest absolute Gasteiger partial charge is 0.237 e. The Hall–Kier alpha value is -0.300. The van der Waals surface area contributed by atoms with Gasteiger partial charge in [0.15, 0.2) is 0 Å². The Morgan fingerprint density at radius 3 is 2.81 bits per heavy atom. The van der Waals surface area contributed by atoms with E-state index >= 15 is 0 Å². The molecule has 1 amide bonds. The third-order valence-electron chi connectivity index (χ3n) is 1.95. The molecule has 3 N–H and O–H groups in total. The second kappa shape index (κ2) is 11.2. The molecule has 0 saturated carbocycles. The van der Waals surface area contributed by atoms with Crippen LogP contribution in [-0.4, -0.2) is 57.4 Å². The summed E-state index contributed by atoms with van der Waals surface area (Å²) in [6.45, 7) is 2.10. The highest BCUT2D eigenvalue weighted by molar-refractivity contribution is 7.98. The standard InChI is InChI=1S/C10H22N2O3S/c1-14-6-7-15-5-4-12-10(13)9(11)3-8-16-2/h9H,3-8,11H2,1-2H3,(H,12,13)/t9-/m1/s1. The number of rotatable bonds is 10. The quantitative estimate of drug-likeness (QED) is 0.527. The van der Waals surface area contributed by atoms with Crippen molar-refractivity contribution >= 4 is 17.7 Å². The summed E-state index contributed by atoms with van der Waals surface area (Å²) < 4.78 is 10.0. The molecule has 96 valence electrons. The van der Waals surface area contributed by atoms with E-state index in [0.717, 1.165) is 5.75 Å². The van der Waals surface area contributed by atoms with Crippen LogP contribution in [0.5, 0.6) is 0 Å². The van der Waals surface area contributed by atoms with E-state index in [2.05, 4.69) is 5.32 Å². The zero-order valence-electron chi connectivity index (χ0n) is 10.0. The molecule has 6 heteroatoms. The maximum Gasteiger partial charge on any atom is 0.237 e. The molecule has 0 aromatic rings. The topological polar surface area (TPSA) is 73.6 Å². The van der Waals surface area contributed by atoms with Crippen LogP contribution in [0, 0.1) is 0 Å². The molecule has 0 heterocycles. The maximum atomic E-state index is 11.4. The fourth-order valence-electron chi connectivity index (χ4n) is 0.998. The van der Waals surface area contributed by atoms with Crippen LogP contribution < -0.4 is 11.1 Å². The van der Waals surface area contributed by atoms with Crippen LogP contribution in [0.2, 0.25) is 0 Å². The lowest BCUT2D eigenvalue weighted by Crippen LogP contribution is -2.42. The van der Waals surface area contributed by atoms with Crippen molar-refractivity contribution in [1.82, 2.24) is 5.32 Å². The van der Waals surface area contributed by atoms with Crippen molar-refractivity contribution in [2.24, 2.45) is 5.73 Å². The van der Waals surface area contributed by atoms with Gasteiger partial charge in [-0.2, -0.15) is 11.8 Å². The Balaban J connectivity index is 3.35. The number of nitrogens with two attached hydrogens (primary N) is 1. The maximum absolute atomic E-state index is 11.4. The number of carbonyl (C=O) groups excluding carboxylic acids is 1. The van der Waals surface area contributed by atoms with Crippen molar-refractivity contribution in [2.75, 3.05) is 45.5 Å². The van der Waals surface area contributed by atoms with Gasteiger partial charge in [-0.3, -0.25) is 4.79 Å². The molecule has 16 heavy (non-hydrogen) atoms. The minimum absolute atomic E-state index is 0.107. The van der Waals surface area contributed by atoms with Gasteiger partial charge in [0.1, 0.15) is 0 Å². The summed E-state index contributed by atoms with van der Waals surface area (Å²) >= 11 is 1.69. The minimum atomic E-state index is -0.411. The number of hydrogen-bond donors (Lipinski definition) is 2. The average Bonchev–Trinajstić information content (AvgIpc) is 2.30. The lowest BCUT2D eigenvalue weighted by atomic mass is 10.2. The zero-order chi connectivity index (χ0) is 12.2. The molecule has 0 aliphatic heterocycles. The second-order valence-corrected chi connectivity index (χ2v) is 4.27. The Bertz CT molecular complexity index is 181. The van der Waals surface area contributed by atoms with Gasteiger partial charge in [0.05, 0.1) is 25.9 Å². The van der Waals surface area contributed by atoms with Crippen molar-refractivity contribution in [3.8, 4) is 0 Å². The Kier molecular flexibility index (Phi) is 11.0. The molecule has 0 bridgehead atoms. The molecule has 0 rings (SSSR count). The number of ether oxygens (including phenoxy) is 2. The number of amides is 1. The fraction of sp³-hybridized carbons (Fsp3) is 0.900. The van der Waals surface area contributed by atoms with Crippen molar-refractivity contribution in [3.63, 3.8) is 0 Å². The molecule has 0 aromatic carbocycles. The van der Waals surface area contributed by atoms with E-state index in [1.54, 1.807) is 18.9 Å². The lowest BCUT2D eigenvalue weighted by Gasteiger charge is -2.11. The van der Waals surface area contributed by atoms with E-state index in [0.29, 0.717) is 32.8 Å². The van der Waals surface area contributed by atoms with Crippen LogP contribution >= 0.6 is 11.8 Å². The largest absolute Gasteiger partial charge is 0.382 e. The summed E-state index contributed by atoms with van der Waals surface area (Å²) in [6, 6.07) is -0.411. The van der Waals surface area contributed by atoms with E-state index in [-0.39, 0.29) is 5.91 Å². The highest BCUT2D eigenvalue weighted by Crippen LogP contribution is 1.98. The second-order valence-electron chi connectivity index (χ2n) is 3.28. The Labute approximate surface area is 101 Å². The van der Waals surface area contributed by atoms with Crippen LogP contribution in [-0.2, 0) is 14.3 Å². The SMILES string of the molecule is COCCOCCNC(=O)[C@H](N)CCSC. The summed E-state index contributed by atoms with van der Waals surface area (Å²) in [6.07, 6.45) is 2.70. The molecular weight excluding hydrogens is 228 g/mol. The summed E-state index contributed by atoms with van der Waals surface area (Å²) in [5.74, 6) is 0.795.